The number of benzene rings is 2. The molecule has 0 fully saturated rings. The van der Waals surface area contributed by atoms with Crippen LogP contribution in [0.3, 0.4) is 0 Å². The van der Waals surface area contributed by atoms with Crippen molar-refractivity contribution >= 4 is 21.6 Å². The van der Waals surface area contributed by atoms with Crippen molar-refractivity contribution in [3.8, 4) is 11.5 Å². The monoisotopic (exact) mass is 420 g/mol. The first-order valence-electron chi connectivity index (χ1n) is 9.31. The lowest BCUT2D eigenvalue weighted by Gasteiger charge is -2.28. The smallest absolute Gasteiger partial charge is 0.243 e. The summed E-state index contributed by atoms with van der Waals surface area (Å²) in [5.74, 6) is 1.07. The molecule has 2 rings (SSSR count). The van der Waals surface area contributed by atoms with Crippen LogP contribution in [0.4, 0.5) is 5.69 Å². The van der Waals surface area contributed by atoms with E-state index in [-0.39, 0.29) is 5.91 Å². The van der Waals surface area contributed by atoms with Crippen molar-refractivity contribution in [2.75, 3.05) is 31.3 Å². The average Bonchev–Trinajstić information content (AvgIpc) is 2.70. The van der Waals surface area contributed by atoms with Gasteiger partial charge >= 0.3 is 0 Å². The van der Waals surface area contributed by atoms with Gasteiger partial charge in [-0.3, -0.25) is 9.10 Å². The van der Waals surface area contributed by atoms with Gasteiger partial charge < -0.3 is 14.8 Å². The Morgan fingerprint density at radius 2 is 1.72 bits per heavy atom. The molecule has 0 unspecified atom stereocenters. The van der Waals surface area contributed by atoms with Gasteiger partial charge in [0.2, 0.25) is 15.9 Å². The van der Waals surface area contributed by atoms with Gasteiger partial charge in [0.25, 0.3) is 0 Å². The zero-order valence-electron chi connectivity index (χ0n) is 17.2. The number of nitrogens with zero attached hydrogens (tertiary/aromatic N) is 1. The number of hydrogen-bond donors (Lipinski definition) is 1. The number of anilines is 1. The second-order valence-electron chi connectivity index (χ2n) is 6.64. The van der Waals surface area contributed by atoms with Crippen LogP contribution in [0, 0.1) is 0 Å². The quantitative estimate of drug-likeness (QED) is 0.597. The van der Waals surface area contributed by atoms with Crippen LogP contribution in [0.1, 0.15) is 18.9 Å². The van der Waals surface area contributed by atoms with E-state index in [0.717, 1.165) is 28.3 Å². The van der Waals surface area contributed by atoms with Crippen LogP contribution >= 0.6 is 0 Å². The summed E-state index contributed by atoms with van der Waals surface area (Å²) in [6.07, 6.45) is 2.54. The zero-order chi connectivity index (χ0) is 21.4. The van der Waals surface area contributed by atoms with Crippen LogP contribution in [-0.4, -0.2) is 47.4 Å². The van der Waals surface area contributed by atoms with E-state index in [1.54, 1.807) is 38.3 Å². The molecule has 158 valence electrons. The molecule has 1 N–H and O–H groups in total. The molecule has 2 aromatic carbocycles. The third-order valence-electron chi connectivity index (χ3n) is 4.53. The minimum Gasteiger partial charge on any atom is -0.497 e. The molecule has 0 heterocycles. The highest BCUT2D eigenvalue weighted by Gasteiger charge is 2.28. The molecule has 0 saturated carbocycles. The van der Waals surface area contributed by atoms with Crippen molar-refractivity contribution < 1.29 is 22.7 Å². The molecular formula is C21H28N2O5S. The summed E-state index contributed by atoms with van der Waals surface area (Å²) in [6, 6.07) is 13.4. The van der Waals surface area contributed by atoms with E-state index in [9.17, 15) is 13.2 Å². The van der Waals surface area contributed by atoms with Gasteiger partial charge in [-0.25, -0.2) is 8.42 Å². The normalized spacial score (nSPS) is 12.1. The van der Waals surface area contributed by atoms with Crippen LogP contribution in [0.25, 0.3) is 0 Å². The van der Waals surface area contributed by atoms with E-state index >= 15 is 0 Å². The van der Waals surface area contributed by atoms with Gasteiger partial charge in [0.15, 0.2) is 0 Å². The molecule has 1 atom stereocenters. The highest BCUT2D eigenvalue weighted by molar-refractivity contribution is 7.92. The van der Waals surface area contributed by atoms with Crippen LogP contribution in [-0.2, 0) is 21.2 Å². The molecule has 0 aromatic heterocycles. The Morgan fingerprint density at radius 1 is 1.07 bits per heavy atom. The Kier molecular flexibility index (Phi) is 7.90. The predicted octanol–water partition coefficient (Wildman–Crippen LogP) is 2.61. The Labute approximate surface area is 172 Å². The molecule has 8 heteroatoms. The first-order chi connectivity index (χ1) is 13.8. The molecular weight excluding hydrogens is 392 g/mol. The van der Waals surface area contributed by atoms with Gasteiger partial charge in [0.05, 0.1) is 26.2 Å². The second-order valence-corrected chi connectivity index (χ2v) is 8.50. The van der Waals surface area contributed by atoms with Gasteiger partial charge in [-0.1, -0.05) is 18.2 Å². The lowest BCUT2D eigenvalue weighted by Crippen LogP contribution is -2.48. The molecule has 0 aliphatic heterocycles. The zero-order valence-corrected chi connectivity index (χ0v) is 18.0. The van der Waals surface area contributed by atoms with Crippen LogP contribution < -0.4 is 19.1 Å². The number of aryl methyl sites for hydroxylation is 1. The summed E-state index contributed by atoms with van der Waals surface area (Å²) in [5.41, 5.74) is 1.47. The standard InChI is InChI=1S/C21H28N2O5S/c1-16(23(29(4,25)26)18-11-13-19(27-2)14-12-18)21(24)22-15-7-9-17-8-5-6-10-20(17)28-3/h5-6,8,10-14,16H,7,9,15H2,1-4H3,(H,22,24)/t16-/m0/s1. The number of para-hydroxylation sites is 1. The SMILES string of the molecule is COc1ccc(N([C@@H](C)C(=O)NCCCc2ccccc2OC)S(C)(=O)=O)cc1. The Bertz CT molecular complexity index is 913. The van der Waals surface area contributed by atoms with Gasteiger partial charge in [0.1, 0.15) is 17.5 Å². The first kappa shape index (κ1) is 22.5. The predicted molar refractivity (Wildman–Crippen MR) is 114 cm³/mol. The van der Waals surface area contributed by atoms with Crippen molar-refractivity contribution in [3.63, 3.8) is 0 Å². The molecule has 1 amide bonds. The summed E-state index contributed by atoms with van der Waals surface area (Å²) in [4.78, 5) is 12.6. The molecule has 0 saturated heterocycles. The van der Waals surface area contributed by atoms with Gasteiger partial charge in [-0.2, -0.15) is 0 Å². The fourth-order valence-corrected chi connectivity index (χ4v) is 4.26. The maximum Gasteiger partial charge on any atom is 0.243 e. The third-order valence-corrected chi connectivity index (χ3v) is 5.77. The highest BCUT2D eigenvalue weighted by Crippen LogP contribution is 2.24. The number of ether oxygens (including phenoxy) is 2. The summed E-state index contributed by atoms with van der Waals surface area (Å²) >= 11 is 0. The summed E-state index contributed by atoms with van der Waals surface area (Å²) in [7, 11) is -0.491. The van der Waals surface area contributed by atoms with E-state index < -0.39 is 16.1 Å². The van der Waals surface area contributed by atoms with Gasteiger partial charge in [-0.05, 0) is 55.7 Å². The molecule has 0 aliphatic rings. The number of carbonyl (C=O) groups excluding carboxylic acids is 1. The Morgan fingerprint density at radius 3 is 2.31 bits per heavy atom. The van der Waals surface area contributed by atoms with Crippen LogP contribution in [0.5, 0.6) is 11.5 Å². The maximum absolute atomic E-state index is 12.6. The summed E-state index contributed by atoms with van der Waals surface area (Å²) in [5, 5.41) is 2.82. The average molecular weight is 421 g/mol. The third kappa shape index (κ3) is 6.12. The number of methoxy groups -OCH3 is 2. The number of hydrogen-bond acceptors (Lipinski definition) is 5. The fourth-order valence-electron chi connectivity index (χ4n) is 3.09. The molecule has 0 radical (unpaired) electrons. The summed E-state index contributed by atoms with van der Waals surface area (Å²) < 4.78 is 36.2. The molecule has 29 heavy (non-hydrogen) atoms. The van der Waals surface area contributed by atoms with Gasteiger partial charge in [-0.15, -0.1) is 0 Å². The minimum atomic E-state index is -3.65. The maximum atomic E-state index is 12.6. The lowest BCUT2D eigenvalue weighted by molar-refractivity contribution is -0.121. The number of rotatable bonds is 10. The van der Waals surface area contributed by atoms with Crippen molar-refractivity contribution in [2.24, 2.45) is 0 Å². The Balaban J connectivity index is 1.99. The van der Waals surface area contributed by atoms with Crippen LogP contribution in [0.15, 0.2) is 48.5 Å². The number of carbonyl (C=O) groups is 1. The largest absolute Gasteiger partial charge is 0.497 e. The van der Waals surface area contributed by atoms with E-state index in [1.807, 2.05) is 24.3 Å². The van der Waals surface area contributed by atoms with Crippen molar-refractivity contribution in [3.05, 3.63) is 54.1 Å². The molecule has 2 aromatic rings. The summed E-state index contributed by atoms with van der Waals surface area (Å²) in [6.45, 7) is 2.00. The first-order valence-corrected chi connectivity index (χ1v) is 11.2. The molecule has 0 aliphatic carbocycles. The van der Waals surface area contributed by atoms with Crippen molar-refractivity contribution in [2.45, 2.75) is 25.8 Å². The second kappa shape index (κ2) is 10.2. The number of nitrogens with one attached hydrogen (secondary N) is 1. The van der Waals surface area contributed by atoms with Gasteiger partial charge in [0, 0.05) is 6.54 Å². The lowest BCUT2D eigenvalue weighted by atomic mass is 10.1. The molecule has 0 spiro atoms. The fraction of sp³-hybridized carbons (Fsp3) is 0.381. The number of amides is 1. The number of sulfonamides is 1. The van der Waals surface area contributed by atoms with Crippen molar-refractivity contribution in [1.82, 2.24) is 5.32 Å². The van der Waals surface area contributed by atoms with E-state index in [1.165, 1.54) is 7.11 Å². The topological polar surface area (TPSA) is 84.9 Å². The van der Waals surface area contributed by atoms with E-state index in [4.69, 9.17) is 9.47 Å². The van der Waals surface area contributed by atoms with E-state index in [2.05, 4.69) is 5.32 Å². The van der Waals surface area contributed by atoms with Crippen molar-refractivity contribution in [1.29, 1.82) is 0 Å². The molecule has 7 nitrogen and oxygen atoms in total. The molecule has 0 bridgehead atoms. The minimum absolute atomic E-state index is 0.355. The van der Waals surface area contributed by atoms with E-state index in [0.29, 0.717) is 24.4 Å². The Hall–Kier alpha value is -2.74. The highest BCUT2D eigenvalue weighted by atomic mass is 32.2. The van der Waals surface area contributed by atoms with Crippen LogP contribution in [0.2, 0.25) is 0 Å².